The number of carbonyl (C=O) groups excluding carboxylic acids is 2. The summed E-state index contributed by atoms with van der Waals surface area (Å²) in [5.74, 6) is 0.120. The van der Waals surface area contributed by atoms with Crippen LogP contribution in [0.3, 0.4) is 0 Å². The van der Waals surface area contributed by atoms with E-state index in [1.54, 1.807) is 18.7 Å². The van der Waals surface area contributed by atoms with Crippen LogP contribution in [0.1, 0.15) is 50.9 Å². The Morgan fingerprint density at radius 1 is 1.03 bits per heavy atom. The third-order valence-corrected chi connectivity index (χ3v) is 8.00. The Kier molecular flexibility index (Phi) is 8.88. The van der Waals surface area contributed by atoms with Crippen molar-refractivity contribution in [2.75, 3.05) is 46.4 Å². The standard InChI is InChI=1S/C22H35N3O5S/c1-6-23(7-2)21(26)17-12-14-24(15-13-17)22(27)19-16-18(10-11-20(19)30-5)31(28,29)25(8-3)9-4/h10-11,16-17H,6-9,12-15H2,1-5H3. The lowest BCUT2D eigenvalue weighted by molar-refractivity contribution is -0.136. The first-order valence-electron chi connectivity index (χ1n) is 11.0. The van der Waals surface area contributed by atoms with Gasteiger partial charge in [-0.15, -0.1) is 0 Å². The molecule has 31 heavy (non-hydrogen) atoms. The molecule has 174 valence electrons. The monoisotopic (exact) mass is 453 g/mol. The molecule has 9 heteroatoms. The fraction of sp³-hybridized carbons (Fsp3) is 0.636. The van der Waals surface area contributed by atoms with E-state index in [0.717, 1.165) is 0 Å². The molecule has 2 amide bonds. The summed E-state index contributed by atoms with van der Waals surface area (Å²) in [5, 5.41) is 0. The number of hydrogen-bond donors (Lipinski definition) is 0. The van der Waals surface area contributed by atoms with Crippen molar-refractivity contribution in [3.8, 4) is 5.75 Å². The highest BCUT2D eigenvalue weighted by Crippen LogP contribution is 2.28. The van der Waals surface area contributed by atoms with Crippen LogP contribution in [0.4, 0.5) is 0 Å². The number of carbonyl (C=O) groups is 2. The van der Waals surface area contributed by atoms with Crippen LogP contribution in [0, 0.1) is 5.92 Å². The van der Waals surface area contributed by atoms with E-state index in [-0.39, 0.29) is 28.2 Å². The number of amides is 2. The quantitative estimate of drug-likeness (QED) is 0.573. The zero-order valence-corrected chi connectivity index (χ0v) is 20.1. The number of piperidine rings is 1. The third kappa shape index (κ3) is 5.38. The summed E-state index contributed by atoms with van der Waals surface area (Å²) in [6.45, 7) is 10.4. The summed E-state index contributed by atoms with van der Waals surface area (Å²) in [6.07, 6.45) is 1.20. The average molecular weight is 454 g/mol. The van der Waals surface area contributed by atoms with Crippen LogP contribution in [-0.2, 0) is 14.8 Å². The van der Waals surface area contributed by atoms with Crippen molar-refractivity contribution in [2.45, 2.75) is 45.4 Å². The maximum absolute atomic E-state index is 13.2. The summed E-state index contributed by atoms with van der Waals surface area (Å²) in [4.78, 5) is 29.4. The molecule has 1 heterocycles. The fourth-order valence-electron chi connectivity index (χ4n) is 4.02. The van der Waals surface area contributed by atoms with Gasteiger partial charge in [-0.1, -0.05) is 13.8 Å². The minimum atomic E-state index is -3.69. The number of rotatable bonds is 9. The number of benzene rings is 1. The minimum absolute atomic E-state index is 0.0759. The molecule has 0 spiro atoms. The number of methoxy groups -OCH3 is 1. The highest BCUT2D eigenvalue weighted by molar-refractivity contribution is 7.89. The Morgan fingerprint density at radius 3 is 2.10 bits per heavy atom. The van der Waals surface area contributed by atoms with Gasteiger partial charge in [-0.3, -0.25) is 9.59 Å². The molecule has 0 aliphatic carbocycles. The van der Waals surface area contributed by atoms with Crippen molar-refractivity contribution in [3.05, 3.63) is 23.8 Å². The predicted octanol–water partition coefficient (Wildman–Crippen LogP) is 2.45. The van der Waals surface area contributed by atoms with E-state index in [0.29, 0.717) is 57.9 Å². The molecule has 1 aromatic rings. The van der Waals surface area contributed by atoms with Gasteiger partial charge < -0.3 is 14.5 Å². The van der Waals surface area contributed by atoms with Crippen LogP contribution >= 0.6 is 0 Å². The Hall–Kier alpha value is -2.13. The number of likely N-dealkylation sites (tertiary alicyclic amines) is 1. The molecule has 0 N–H and O–H groups in total. The first-order chi connectivity index (χ1) is 14.7. The smallest absolute Gasteiger partial charge is 0.257 e. The Balaban J connectivity index is 2.23. The van der Waals surface area contributed by atoms with Crippen LogP contribution in [0.5, 0.6) is 5.75 Å². The maximum atomic E-state index is 13.2. The van der Waals surface area contributed by atoms with Gasteiger partial charge in [0, 0.05) is 45.2 Å². The zero-order valence-electron chi connectivity index (χ0n) is 19.3. The minimum Gasteiger partial charge on any atom is -0.496 e. The lowest BCUT2D eigenvalue weighted by Gasteiger charge is -2.34. The van der Waals surface area contributed by atoms with Gasteiger partial charge in [0.25, 0.3) is 5.91 Å². The Bertz CT molecular complexity index is 871. The first kappa shape index (κ1) is 25.1. The van der Waals surface area contributed by atoms with Gasteiger partial charge in [0.1, 0.15) is 5.75 Å². The second kappa shape index (κ2) is 10.9. The molecule has 0 aromatic heterocycles. The number of ether oxygens (including phenoxy) is 1. The molecule has 0 saturated carbocycles. The SMILES string of the molecule is CCN(CC)C(=O)C1CCN(C(=O)c2cc(S(=O)(=O)N(CC)CC)ccc2OC)CC1. The maximum Gasteiger partial charge on any atom is 0.257 e. The van der Waals surface area contributed by atoms with Crippen molar-refractivity contribution in [1.82, 2.24) is 14.1 Å². The van der Waals surface area contributed by atoms with Crippen LogP contribution in [0.2, 0.25) is 0 Å². The van der Waals surface area contributed by atoms with Crippen molar-refractivity contribution < 1.29 is 22.7 Å². The third-order valence-electron chi connectivity index (χ3n) is 5.95. The van der Waals surface area contributed by atoms with Crippen molar-refractivity contribution in [2.24, 2.45) is 5.92 Å². The number of sulfonamides is 1. The summed E-state index contributed by atoms with van der Waals surface area (Å²) in [7, 11) is -2.23. The van der Waals surface area contributed by atoms with E-state index in [1.807, 2.05) is 18.7 Å². The van der Waals surface area contributed by atoms with Gasteiger partial charge in [0.15, 0.2) is 0 Å². The van der Waals surface area contributed by atoms with E-state index in [1.165, 1.54) is 29.6 Å². The van der Waals surface area contributed by atoms with E-state index in [4.69, 9.17) is 4.74 Å². The van der Waals surface area contributed by atoms with Gasteiger partial charge in [-0.25, -0.2) is 8.42 Å². The molecule has 0 atom stereocenters. The molecule has 0 unspecified atom stereocenters. The van der Waals surface area contributed by atoms with E-state index < -0.39 is 10.0 Å². The average Bonchev–Trinajstić information content (AvgIpc) is 2.79. The Labute approximate surface area is 186 Å². The molecular formula is C22H35N3O5S. The Morgan fingerprint density at radius 2 is 1.61 bits per heavy atom. The van der Waals surface area contributed by atoms with Crippen molar-refractivity contribution in [1.29, 1.82) is 0 Å². The lowest BCUT2D eigenvalue weighted by atomic mass is 9.94. The van der Waals surface area contributed by atoms with Gasteiger partial charge in [0.05, 0.1) is 17.6 Å². The lowest BCUT2D eigenvalue weighted by Crippen LogP contribution is -2.44. The zero-order chi connectivity index (χ0) is 23.2. The van der Waals surface area contributed by atoms with Crippen molar-refractivity contribution in [3.63, 3.8) is 0 Å². The molecule has 1 aliphatic heterocycles. The van der Waals surface area contributed by atoms with Crippen LogP contribution in [0.15, 0.2) is 23.1 Å². The second-order valence-electron chi connectivity index (χ2n) is 7.53. The van der Waals surface area contributed by atoms with Crippen molar-refractivity contribution >= 4 is 21.8 Å². The molecule has 0 bridgehead atoms. The largest absolute Gasteiger partial charge is 0.496 e. The molecule has 1 saturated heterocycles. The van der Waals surface area contributed by atoms with Gasteiger partial charge in [-0.2, -0.15) is 4.31 Å². The normalized spacial score (nSPS) is 15.2. The highest BCUT2D eigenvalue weighted by Gasteiger charge is 2.31. The first-order valence-corrected chi connectivity index (χ1v) is 12.4. The topological polar surface area (TPSA) is 87.2 Å². The van der Waals surface area contributed by atoms with Crippen LogP contribution < -0.4 is 4.74 Å². The molecule has 8 nitrogen and oxygen atoms in total. The molecular weight excluding hydrogens is 418 g/mol. The summed E-state index contributed by atoms with van der Waals surface area (Å²) < 4.78 is 32.5. The van der Waals surface area contributed by atoms with E-state index in [2.05, 4.69) is 0 Å². The predicted molar refractivity (Wildman–Crippen MR) is 120 cm³/mol. The molecule has 1 aromatic carbocycles. The summed E-state index contributed by atoms with van der Waals surface area (Å²) in [6, 6.07) is 4.40. The van der Waals surface area contributed by atoms with Crippen LogP contribution in [-0.4, -0.2) is 80.7 Å². The summed E-state index contributed by atoms with van der Waals surface area (Å²) >= 11 is 0. The fourth-order valence-corrected chi connectivity index (χ4v) is 5.51. The molecule has 0 radical (unpaired) electrons. The molecule has 1 fully saturated rings. The number of hydrogen-bond acceptors (Lipinski definition) is 5. The molecule has 1 aliphatic rings. The van der Waals surface area contributed by atoms with Gasteiger partial charge in [0.2, 0.25) is 15.9 Å². The van der Waals surface area contributed by atoms with E-state index >= 15 is 0 Å². The highest BCUT2D eigenvalue weighted by atomic mass is 32.2. The number of nitrogens with zero attached hydrogens (tertiary/aromatic N) is 3. The molecule has 2 rings (SSSR count). The summed E-state index contributed by atoms with van der Waals surface area (Å²) in [5.41, 5.74) is 0.226. The van der Waals surface area contributed by atoms with Gasteiger partial charge in [-0.05, 0) is 44.9 Å². The van der Waals surface area contributed by atoms with Gasteiger partial charge >= 0.3 is 0 Å². The van der Waals surface area contributed by atoms with E-state index in [9.17, 15) is 18.0 Å². The van der Waals surface area contributed by atoms with Crippen LogP contribution in [0.25, 0.3) is 0 Å². The second-order valence-corrected chi connectivity index (χ2v) is 9.47.